The van der Waals surface area contributed by atoms with E-state index in [1.807, 2.05) is 13.0 Å². The summed E-state index contributed by atoms with van der Waals surface area (Å²) in [5.41, 5.74) is 0.762. The molecule has 0 bridgehead atoms. The van der Waals surface area contributed by atoms with E-state index in [-0.39, 0.29) is 6.10 Å². The van der Waals surface area contributed by atoms with Gasteiger partial charge in [-0.1, -0.05) is 0 Å². The van der Waals surface area contributed by atoms with E-state index in [1.165, 1.54) is 0 Å². The maximum absolute atomic E-state index is 10.1. The maximum atomic E-state index is 10.1. The molecule has 2 unspecified atom stereocenters. The van der Waals surface area contributed by atoms with E-state index in [1.54, 1.807) is 12.4 Å². The minimum absolute atomic E-state index is 0.0984. The second-order valence-electron chi connectivity index (χ2n) is 3.88. The van der Waals surface area contributed by atoms with Gasteiger partial charge in [0.15, 0.2) is 0 Å². The molecule has 1 aliphatic heterocycles. The number of ether oxygens (including phenoxy) is 2. The molecular formula is C12H17NO3. The van der Waals surface area contributed by atoms with Crippen molar-refractivity contribution in [2.45, 2.75) is 32.0 Å². The molecule has 1 fully saturated rings. The third-order valence-electron chi connectivity index (χ3n) is 2.70. The fraction of sp³-hybridized carbons (Fsp3) is 0.583. The lowest BCUT2D eigenvalue weighted by Gasteiger charge is -2.17. The number of rotatable bonds is 4. The van der Waals surface area contributed by atoms with Crippen LogP contribution in [0.4, 0.5) is 0 Å². The summed E-state index contributed by atoms with van der Waals surface area (Å²) in [5, 5.41) is 10.1. The Kier molecular flexibility index (Phi) is 3.74. The Labute approximate surface area is 95.2 Å². The van der Waals surface area contributed by atoms with Crippen LogP contribution in [0, 0.1) is 0 Å². The molecule has 0 aliphatic carbocycles. The van der Waals surface area contributed by atoms with Gasteiger partial charge in [-0.05, 0) is 25.8 Å². The van der Waals surface area contributed by atoms with Crippen molar-refractivity contribution in [3.05, 3.63) is 24.0 Å². The van der Waals surface area contributed by atoms with Crippen molar-refractivity contribution in [1.29, 1.82) is 0 Å². The topological polar surface area (TPSA) is 51.6 Å². The first-order chi connectivity index (χ1) is 7.81. The largest absolute Gasteiger partial charge is 0.492 e. The molecule has 1 aliphatic rings. The van der Waals surface area contributed by atoms with Crippen molar-refractivity contribution in [2.24, 2.45) is 0 Å². The molecule has 0 saturated carbocycles. The molecule has 0 aromatic carbocycles. The Morgan fingerprint density at radius 1 is 1.62 bits per heavy atom. The van der Waals surface area contributed by atoms with Crippen molar-refractivity contribution < 1.29 is 14.6 Å². The molecule has 0 spiro atoms. The molecule has 1 aromatic heterocycles. The van der Waals surface area contributed by atoms with Gasteiger partial charge in [-0.15, -0.1) is 0 Å². The van der Waals surface area contributed by atoms with E-state index >= 15 is 0 Å². The van der Waals surface area contributed by atoms with Gasteiger partial charge in [-0.25, -0.2) is 0 Å². The monoisotopic (exact) mass is 223 g/mol. The number of aromatic nitrogens is 1. The second-order valence-corrected chi connectivity index (χ2v) is 3.88. The smallest absolute Gasteiger partial charge is 0.137 e. The molecule has 4 nitrogen and oxygen atoms in total. The lowest BCUT2D eigenvalue weighted by atomic mass is 10.0. The van der Waals surface area contributed by atoms with Crippen LogP contribution in [0.5, 0.6) is 5.75 Å². The number of aliphatic hydroxyl groups is 1. The predicted octanol–water partition coefficient (Wildman–Crippen LogP) is 1.69. The Morgan fingerprint density at radius 3 is 3.19 bits per heavy atom. The SMILES string of the molecule is CCOc1cncc(C(O)C2CCCO2)c1. The first kappa shape index (κ1) is 11.4. The minimum Gasteiger partial charge on any atom is -0.492 e. The molecule has 1 aromatic rings. The molecule has 2 rings (SSSR count). The molecule has 88 valence electrons. The van der Waals surface area contributed by atoms with E-state index in [4.69, 9.17) is 9.47 Å². The molecule has 2 heterocycles. The summed E-state index contributed by atoms with van der Waals surface area (Å²) in [5.74, 6) is 0.692. The Morgan fingerprint density at radius 2 is 2.50 bits per heavy atom. The second kappa shape index (κ2) is 5.27. The van der Waals surface area contributed by atoms with Crippen molar-refractivity contribution in [3.63, 3.8) is 0 Å². The number of aliphatic hydroxyl groups excluding tert-OH is 1. The molecule has 0 radical (unpaired) electrons. The number of pyridine rings is 1. The van der Waals surface area contributed by atoms with Crippen LogP contribution in [0.2, 0.25) is 0 Å². The van der Waals surface area contributed by atoms with Gasteiger partial charge >= 0.3 is 0 Å². The van der Waals surface area contributed by atoms with E-state index in [0.717, 1.165) is 25.0 Å². The van der Waals surface area contributed by atoms with Crippen LogP contribution in [0.25, 0.3) is 0 Å². The van der Waals surface area contributed by atoms with E-state index in [9.17, 15) is 5.11 Å². The Balaban J connectivity index is 2.09. The van der Waals surface area contributed by atoms with Gasteiger partial charge in [0.25, 0.3) is 0 Å². The summed E-state index contributed by atoms with van der Waals surface area (Å²) in [4.78, 5) is 4.06. The third-order valence-corrected chi connectivity index (χ3v) is 2.70. The van der Waals surface area contributed by atoms with Crippen LogP contribution in [-0.4, -0.2) is 29.4 Å². The van der Waals surface area contributed by atoms with Crippen LogP contribution in [-0.2, 0) is 4.74 Å². The highest BCUT2D eigenvalue weighted by Crippen LogP contribution is 2.27. The van der Waals surface area contributed by atoms with Gasteiger partial charge in [0, 0.05) is 18.4 Å². The molecule has 1 saturated heterocycles. The van der Waals surface area contributed by atoms with Crippen molar-refractivity contribution >= 4 is 0 Å². The van der Waals surface area contributed by atoms with Crippen molar-refractivity contribution in [3.8, 4) is 5.75 Å². The molecule has 16 heavy (non-hydrogen) atoms. The van der Waals surface area contributed by atoms with E-state index < -0.39 is 6.10 Å². The van der Waals surface area contributed by atoms with Crippen LogP contribution < -0.4 is 4.74 Å². The lowest BCUT2D eigenvalue weighted by Crippen LogP contribution is -2.17. The van der Waals surface area contributed by atoms with Gasteiger partial charge < -0.3 is 14.6 Å². The first-order valence-corrected chi connectivity index (χ1v) is 5.68. The highest BCUT2D eigenvalue weighted by molar-refractivity contribution is 5.25. The quantitative estimate of drug-likeness (QED) is 0.844. The van der Waals surface area contributed by atoms with Crippen LogP contribution >= 0.6 is 0 Å². The Bertz CT molecular complexity index is 337. The maximum Gasteiger partial charge on any atom is 0.137 e. The van der Waals surface area contributed by atoms with E-state index in [2.05, 4.69) is 4.98 Å². The summed E-state index contributed by atoms with van der Waals surface area (Å²) in [7, 11) is 0. The van der Waals surface area contributed by atoms with Gasteiger partial charge in [0.2, 0.25) is 0 Å². The van der Waals surface area contributed by atoms with Crippen LogP contribution in [0.1, 0.15) is 31.4 Å². The fourth-order valence-corrected chi connectivity index (χ4v) is 1.91. The molecule has 0 amide bonds. The summed E-state index contributed by atoms with van der Waals surface area (Å²) in [6.45, 7) is 3.25. The average Bonchev–Trinajstić information content (AvgIpc) is 2.82. The highest BCUT2D eigenvalue weighted by atomic mass is 16.5. The van der Waals surface area contributed by atoms with Crippen molar-refractivity contribution in [1.82, 2.24) is 4.98 Å². The molecular weight excluding hydrogens is 206 g/mol. The predicted molar refractivity (Wildman–Crippen MR) is 59.3 cm³/mol. The zero-order valence-electron chi connectivity index (χ0n) is 9.43. The normalized spacial score (nSPS) is 22.0. The standard InChI is InChI=1S/C12H17NO3/c1-2-15-10-6-9(7-13-8-10)12(14)11-4-3-5-16-11/h6-8,11-12,14H,2-5H2,1H3. The number of nitrogens with zero attached hydrogens (tertiary/aromatic N) is 1. The number of hydrogen-bond donors (Lipinski definition) is 1. The van der Waals surface area contributed by atoms with Crippen molar-refractivity contribution in [2.75, 3.05) is 13.2 Å². The average molecular weight is 223 g/mol. The zero-order chi connectivity index (χ0) is 11.4. The molecule has 2 atom stereocenters. The van der Waals surface area contributed by atoms with Crippen LogP contribution in [0.15, 0.2) is 18.5 Å². The highest BCUT2D eigenvalue weighted by Gasteiger charge is 2.25. The third kappa shape index (κ3) is 2.51. The summed E-state index contributed by atoms with van der Waals surface area (Å²) >= 11 is 0. The van der Waals surface area contributed by atoms with E-state index in [0.29, 0.717) is 12.4 Å². The summed E-state index contributed by atoms with van der Waals surface area (Å²) < 4.78 is 10.8. The van der Waals surface area contributed by atoms with Gasteiger partial charge in [0.1, 0.15) is 11.9 Å². The summed E-state index contributed by atoms with van der Waals surface area (Å²) in [6.07, 6.45) is 4.53. The van der Waals surface area contributed by atoms with Gasteiger partial charge in [0.05, 0.1) is 18.9 Å². The molecule has 4 heteroatoms. The van der Waals surface area contributed by atoms with Gasteiger partial charge in [-0.2, -0.15) is 0 Å². The Hall–Kier alpha value is -1.13. The first-order valence-electron chi connectivity index (χ1n) is 5.68. The lowest BCUT2D eigenvalue weighted by molar-refractivity contribution is -0.00285. The minimum atomic E-state index is -0.601. The van der Waals surface area contributed by atoms with Crippen LogP contribution in [0.3, 0.4) is 0 Å². The number of hydrogen-bond acceptors (Lipinski definition) is 4. The fourth-order valence-electron chi connectivity index (χ4n) is 1.91. The summed E-state index contributed by atoms with van der Waals surface area (Å²) in [6, 6.07) is 1.82. The van der Waals surface area contributed by atoms with Gasteiger partial charge in [-0.3, -0.25) is 4.98 Å². The molecule has 1 N–H and O–H groups in total. The zero-order valence-corrected chi connectivity index (χ0v) is 9.43.